The lowest BCUT2D eigenvalue weighted by atomic mass is 9.92. The standard InChI is InChI=1S/C45H32O4/c1-5-13-33-29(9-1)17-21-37-41(33)42-34-14-6-2-10-30(34)18-22-38(42)47-26-45(25-46-37)27-48-39-23-19-31-11-3-7-15-35(31)43(39)44-36-16-8-4-12-32(36)20-24-40(44)49-28-45/h1-24H,25-28H2. The number of hydrogen-bond donors (Lipinski definition) is 0. The van der Waals surface area contributed by atoms with Crippen molar-refractivity contribution in [2.24, 2.45) is 5.41 Å². The van der Waals surface area contributed by atoms with E-state index in [0.717, 1.165) is 88.3 Å². The van der Waals surface area contributed by atoms with Crippen molar-refractivity contribution < 1.29 is 18.9 Å². The van der Waals surface area contributed by atoms with Crippen molar-refractivity contribution >= 4 is 43.1 Å². The van der Waals surface area contributed by atoms with Gasteiger partial charge < -0.3 is 18.9 Å². The van der Waals surface area contributed by atoms with Crippen LogP contribution < -0.4 is 18.9 Å². The van der Waals surface area contributed by atoms with Gasteiger partial charge in [-0.1, -0.05) is 121 Å². The van der Waals surface area contributed by atoms with Crippen molar-refractivity contribution in [2.75, 3.05) is 26.4 Å². The van der Waals surface area contributed by atoms with Crippen LogP contribution in [0.1, 0.15) is 0 Å². The summed E-state index contributed by atoms with van der Waals surface area (Å²) in [5, 5.41) is 9.11. The van der Waals surface area contributed by atoms with Crippen LogP contribution >= 0.6 is 0 Å². The van der Waals surface area contributed by atoms with E-state index in [1.54, 1.807) is 0 Å². The second-order valence-corrected chi connectivity index (χ2v) is 13.3. The molecule has 2 heterocycles. The lowest BCUT2D eigenvalue weighted by Crippen LogP contribution is -2.45. The Morgan fingerprint density at radius 3 is 0.796 bits per heavy atom. The number of ether oxygens (including phenoxy) is 4. The highest BCUT2D eigenvalue weighted by Crippen LogP contribution is 2.49. The summed E-state index contributed by atoms with van der Waals surface area (Å²) >= 11 is 0. The van der Waals surface area contributed by atoms with Crippen molar-refractivity contribution in [1.82, 2.24) is 0 Å². The van der Waals surface area contributed by atoms with Crippen LogP contribution in [0.15, 0.2) is 146 Å². The minimum Gasteiger partial charge on any atom is -0.492 e. The Labute approximate surface area is 284 Å². The number of hydrogen-bond acceptors (Lipinski definition) is 4. The molecule has 0 unspecified atom stereocenters. The fourth-order valence-electron chi connectivity index (χ4n) is 7.69. The topological polar surface area (TPSA) is 36.9 Å². The second-order valence-electron chi connectivity index (χ2n) is 13.3. The zero-order chi connectivity index (χ0) is 32.4. The Bertz CT molecular complexity index is 2220. The summed E-state index contributed by atoms with van der Waals surface area (Å²) in [6, 6.07) is 50.9. The SMILES string of the molecule is c1ccc2c3c(ccc2c1)OCC1(COc2ccc4ccccc4c2-3)COc2ccc3ccccc3c2-c2c(ccc3ccccc23)OC1. The minimum absolute atomic E-state index is 0.343. The molecule has 0 amide bonds. The summed E-state index contributed by atoms with van der Waals surface area (Å²) < 4.78 is 27.7. The van der Waals surface area contributed by atoms with Gasteiger partial charge in [0.1, 0.15) is 54.8 Å². The number of rotatable bonds is 0. The maximum Gasteiger partial charge on any atom is 0.127 e. The van der Waals surface area contributed by atoms with E-state index in [1.165, 1.54) is 0 Å². The Morgan fingerprint density at radius 1 is 0.286 bits per heavy atom. The molecule has 0 saturated heterocycles. The summed E-state index contributed by atoms with van der Waals surface area (Å²) in [6.07, 6.45) is 0. The second kappa shape index (κ2) is 11.0. The van der Waals surface area contributed by atoms with E-state index in [0.29, 0.717) is 26.4 Å². The van der Waals surface area contributed by atoms with Gasteiger partial charge in [-0.25, -0.2) is 0 Å². The van der Waals surface area contributed by atoms with Gasteiger partial charge in [0, 0.05) is 22.3 Å². The molecule has 10 rings (SSSR count). The van der Waals surface area contributed by atoms with Crippen LogP contribution in [0, 0.1) is 5.41 Å². The summed E-state index contributed by atoms with van der Waals surface area (Å²) in [7, 11) is 0. The van der Waals surface area contributed by atoms with Crippen LogP contribution in [-0.2, 0) is 0 Å². The van der Waals surface area contributed by atoms with E-state index in [2.05, 4.69) is 146 Å². The molecular formula is C45H32O4. The van der Waals surface area contributed by atoms with E-state index in [9.17, 15) is 0 Å². The smallest absolute Gasteiger partial charge is 0.127 e. The van der Waals surface area contributed by atoms with Crippen molar-refractivity contribution in [3.05, 3.63) is 146 Å². The fraction of sp³-hybridized carbons (Fsp3) is 0.111. The molecule has 8 aromatic carbocycles. The number of benzene rings is 8. The molecule has 2 aliphatic rings. The van der Waals surface area contributed by atoms with Gasteiger partial charge in [0.2, 0.25) is 0 Å². The normalized spacial score (nSPS) is 15.0. The molecule has 0 aromatic heterocycles. The Kier molecular flexibility index (Phi) is 6.32. The van der Waals surface area contributed by atoms with Crippen LogP contribution in [0.5, 0.6) is 23.0 Å². The lowest BCUT2D eigenvalue weighted by Gasteiger charge is -2.32. The molecule has 0 saturated carbocycles. The summed E-state index contributed by atoms with van der Waals surface area (Å²) in [4.78, 5) is 0. The van der Waals surface area contributed by atoms with Crippen molar-refractivity contribution in [2.45, 2.75) is 0 Å². The predicted octanol–water partition coefficient (Wildman–Crippen LogP) is 10.9. The maximum atomic E-state index is 6.93. The average molecular weight is 637 g/mol. The molecule has 4 heteroatoms. The average Bonchev–Trinajstić information content (AvgIpc) is 3.28. The molecule has 236 valence electrons. The molecule has 2 aliphatic heterocycles. The van der Waals surface area contributed by atoms with Crippen LogP contribution in [0.3, 0.4) is 0 Å². The van der Waals surface area contributed by atoms with Crippen LogP contribution in [0.4, 0.5) is 0 Å². The maximum absolute atomic E-state index is 6.93. The molecule has 1 spiro atoms. The highest BCUT2D eigenvalue weighted by molar-refractivity contribution is 6.11. The molecule has 0 N–H and O–H groups in total. The van der Waals surface area contributed by atoms with Gasteiger partial charge in [0.05, 0.1) is 0 Å². The largest absolute Gasteiger partial charge is 0.492 e. The highest BCUT2D eigenvalue weighted by Gasteiger charge is 2.39. The third-order valence-corrected chi connectivity index (χ3v) is 10.2. The molecule has 0 bridgehead atoms. The van der Waals surface area contributed by atoms with Gasteiger partial charge in [-0.15, -0.1) is 0 Å². The molecule has 49 heavy (non-hydrogen) atoms. The van der Waals surface area contributed by atoms with Gasteiger partial charge in [-0.2, -0.15) is 0 Å². The van der Waals surface area contributed by atoms with Crippen molar-refractivity contribution in [3.8, 4) is 45.3 Å². The van der Waals surface area contributed by atoms with Crippen molar-refractivity contribution in [3.63, 3.8) is 0 Å². The first-order valence-corrected chi connectivity index (χ1v) is 16.8. The third kappa shape index (κ3) is 4.51. The zero-order valence-electron chi connectivity index (χ0n) is 26.8. The molecule has 0 fully saturated rings. The van der Waals surface area contributed by atoms with E-state index in [4.69, 9.17) is 18.9 Å². The Balaban J connectivity index is 1.16. The molecule has 0 atom stereocenters. The molecule has 8 aromatic rings. The van der Waals surface area contributed by atoms with Gasteiger partial charge in [0.15, 0.2) is 0 Å². The van der Waals surface area contributed by atoms with E-state index < -0.39 is 5.41 Å². The van der Waals surface area contributed by atoms with E-state index in [-0.39, 0.29) is 0 Å². The summed E-state index contributed by atoms with van der Waals surface area (Å²) in [6.45, 7) is 1.37. The molecular weight excluding hydrogens is 604 g/mol. The third-order valence-electron chi connectivity index (χ3n) is 10.2. The fourth-order valence-corrected chi connectivity index (χ4v) is 7.69. The monoisotopic (exact) mass is 636 g/mol. The zero-order valence-corrected chi connectivity index (χ0v) is 26.8. The van der Waals surface area contributed by atoms with Gasteiger partial charge in [0.25, 0.3) is 0 Å². The van der Waals surface area contributed by atoms with Gasteiger partial charge >= 0.3 is 0 Å². The summed E-state index contributed by atoms with van der Waals surface area (Å²) in [5.41, 5.74) is 3.52. The van der Waals surface area contributed by atoms with Gasteiger partial charge in [-0.3, -0.25) is 0 Å². The first-order valence-electron chi connectivity index (χ1n) is 16.8. The van der Waals surface area contributed by atoms with E-state index in [1.807, 2.05) is 0 Å². The highest BCUT2D eigenvalue weighted by atomic mass is 16.5. The lowest BCUT2D eigenvalue weighted by molar-refractivity contribution is -0.00105. The van der Waals surface area contributed by atoms with Crippen LogP contribution in [0.2, 0.25) is 0 Å². The minimum atomic E-state index is -0.646. The van der Waals surface area contributed by atoms with Crippen molar-refractivity contribution in [1.29, 1.82) is 0 Å². The van der Waals surface area contributed by atoms with E-state index >= 15 is 0 Å². The molecule has 0 radical (unpaired) electrons. The Morgan fingerprint density at radius 2 is 0.531 bits per heavy atom. The Hall–Kier alpha value is -6.00. The number of fused-ring (bicyclic) bond motifs is 14. The molecule has 4 nitrogen and oxygen atoms in total. The van der Waals surface area contributed by atoms with Crippen LogP contribution in [-0.4, -0.2) is 26.4 Å². The first kappa shape index (κ1) is 28.1. The molecule has 0 aliphatic carbocycles. The first-order chi connectivity index (χ1) is 24.2. The van der Waals surface area contributed by atoms with Gasteiger partial charge in [-0.05, 0) is 67.4 Å². The van der Waals surface area contributed by atoms with Crippen LogP contribution in [0.25, 0.3) is 65.3 Å². The quantitative estimate of drug-likeness (QED) is 0.166. The predicted molar refractivity (Wildman–Crippen MR) is 198 cm³/mol. The summed E-state index contributed by atoms with van der Waals surface area (Å²) in [5.74, 6) is 3.27.